The van der Waals surface area contributed by atoms with Crippen LogP contribution in [0.25, 0.3) is 0 Å². The van der Waals surface area contributed by atoms with Crippen molar-refractivity contribution in [3.05, 3.63) is 54.1 Å². The van der Waals surface area contributed by atoms with Gasteiger partial charge in [-0.2, -0.15) is 0 Å². The van der Waals surface area contributed by atoms with Crippen LogP contribution in [0.3, 0.4) is 0 Å². The molecule has 0 saturated carbocycles. The lowest BCUT2D eigenvalue weighted by Crippen LogP contribution is -1.97. The zero-order chi connectivity index (χ0) is 11.4. The Hall–Kier alpha value is -1.94. The summed E-state index contributed by atoms with van der Waals surface area (Å²) in [6, 6.07) is 7.61. The Labute approximate surface area is 92.7 Å². The molecule has 16 heavy (non-hydrogen) atoms. The molecule has 0 aliphatic heterocycles. The number of rotatable bonds is 3. The first-order chi connectivity index (χ1) is 7.78. The second kappa shape index (κ2) is 4.72. The molecule has 0 spiro atoms. The maximum absolute atomic E-state index is 12.7. The normalized spacial score (nSPS) is 10.1. The molecule has 0 aliphatic rings. The van der Waals surface area contributed by atoms with E-state index in [0.29, 0.717) is 18.0 Å². The Balaban J connectivity index is 2.16. The van der Waals surface area contributed by atoms with Gasteiger partial charge in [-0.3, -0.25) is 4.98 Å². The summed E-state index contributed by atoms with van der Waals surface area (Å²) >= 11 is 0. The number of hydrogen-bond donors (Lipinski definition) is 1. The van der Waals surface area contributed by atoms with Gasteiger partial charge in [0.25, 0.3) is 0 Å². The predicted molar refractivity (Wildman–Crippen MR) is 58.6 cm³/mol. The van der Waals surface area contributed by atoms with Gasteiger partial charge < -0.3 is 10.5 Å². The van der Waals surface area contributed by atoms with Gasteiger partial charge >= 0.3 is 0 Å². The maximum atomic E-state index is 12.7. The number of pyridine rings is 1. The summed E-state index contributed by atoms with van der Waals surface area (Å²) in [5.74, 6) is 0.869. The number of benzene rings is 1. The van der Waals surface area contributed by atoms with Crippen molar-refractivity contribution < 1.29 is 9.13 Å². The molecule has 0 fully saturated rings. The van der Waals surface area contributed by atoms with Crippen molar-refractivity contribution in [2.45, 2.75) is 6.54 Å². The lowest BCUT2D eigenvalue weighted by molar-refractivity contribution is 0.477. The first-order valence-electron chi connectivity index (χ1n) is 4.85. The number of hydrogen-bond acceptors (Lipinski definition) is 3. The topological polar surface area (TPSA) is 48.1 Å². The van der Waals surface area contributed by atoms with Crippen molar-refractivity contribution in [2.24, 2.45) is 5.73 Å². The van der Waals surface area contributed by atoms with Gasteiger partial charge in [-0.1, -0.05) is 0 Å². The van der Waals surface area contributed by atoms with E-state index < -0.39 is 0 Å². The van der Waals surface area contributed by atoms with Crippen LogP contribution in [0, 0.1) is 5.82 Å². The zero-order valence-electron chi connectivity index (χ0n) is 8.56. The Kier molecular flexibility index (Phi) is 3.12. The molecule has 2 N–H and O–H groups in total. The molecule has 0 amide bonds. The quantitative estimate of drug-likeness (QED) is 0.860. The zero-order valence-corrected chi connectivity index (χ0v) is 8.56. The molecule has 0 saturated heterocycles. The Morgan fingerprint density at radius 3 is 2.56 bits per heavy atom. The standard InChI is InChI=1S/C12H11FN2O/c13-10-1-3-11(4-2-10)16-12-5-9(6-14)7-15-8-12/h1-5,7-8H,6,14H2. The maximum Gasteiger partial charge on any atom is 0.146 e. The molecule has 1 heterocycles. The summed E-state index contributed by atoms with van der Waals surface area (Å²) in [4.78, 5) is 3.99. The summed E-state index contributed by atoms with van der Waals surface area (Å²) in [6.45, 7) is 0.410. The molecule has 0 bridgehead atoms. The molecule has 0 unspecified atom stereocenters. The molecule has 1 aromatic heterocycles. The number of aromatic nitrogens is 1. The average molecular weight is 218 g/mol. The molecular weight excluding hydrogens is 207 g/mol. The van der Waals surface area contributed by atoms with Crippen LogP contribution < -0.4 is 10.5 Å². The van der Waals surface area contributed by atoms with Crippen molar-refractivity contribution in [1.29, 1.82) is 0 Å². The highest BCUT2D eigenvalue weighted by Gasteiger charge is 1.99. The largest absolute Gasteiger partial charge is 0.456 e. The molecule has 0 aliphatic carbocycles. The molecule has 0 radical (unpaired) electrons. The monoisotopic (exact) mass is 218 g/mol. The summed E-state index contributed by atoms with van der Waals surface area (Å²) < 4.78 is 18.2. The van der Waals surface area contributed by atoms with Crippen LogP contribution in [0.1, 0.15) is 5.56 Å². The summed E-state index contributed by atoms with van der Waals surface area (Å²) in [6.07, 6.45) is 3.26. The third-order valence-corrected chi connectivity index (χ3v) is 2.05. The molecule has 1 aromatic carbocycles. The number of nitrogens with two attached hydrogens (primary N) is 1. The Morgan fingerprint density at radius 2 is 1.88 bits per heavy atom. The molecule has 2 aromatic rings. The summed E-state index contributed by atoms with van der Waals surface area (Å²) in [5.41, 5.74) is 6.38. The van der Waals surface area contributed by atoms with Gasteiger partial charge in [-0.15, -0.1) is 0 Å². The van der Waals surface area contributed by atoms with Crippen LogP contribution in [0.4, 0.5) is 4.39 Å². The SMILES string of the molecule is NCc1cncc(Oc2ccc(F)cc2)c1. The molecule has 3 nitrogen and oxygen atoms in total. The number of ether oxygens (including phenoxy) is 1. The highest BCUT2D eigenvalue weighted by Crippen LogP contribution is 2.21. The molecule has 82 valence electrons. The smallest absolute Gasteiger partial charge is 0.146 e. The van der Waals surface area contributed by atoms with E-state index in [1.54, 1.807) is 30.6 Å². The van der Waals surface area contributed by atoms with Crippen LogP contribution in [-0.2, 0) is 6.54 Å². The fraction of sp³-hybridized carbons (Fsp3) is 0.0833. The van der Waals surface area contributed by atoms with Crippen LogP contribution in [0.15, 0.2) is 42.7 Å². The fourth-order valence-electron chi connectivity index (χ4n) is 1.27. The van der Waals surface area contributed by atoms with Crippen molar-refractivity contribution in [1.82, 2.24) is 4.98 Å². The third-order valence-electron chi connectivity index (χ3n) is 2.05. The van der Waals surface area contributed by atoms with E-state index in [-0.39, 0.29) is 5.82 Å². The van der Waals surface area contributed by atoms with Gasteiger partial charge in [0.2, 0.25) is 0 Å². The second-order valence-electron chi connectivity index (χ2n) is 3.29. The van der Waals surface area contributed by atoms with Gasteiger partial charge in [0, 0.05) is 12.7 Å². The van der Waals surface area contributed by atoms with Crippen molar-refractivity contribution in [3.8, 4) is 11.5 Å². The van der Waals surface area contributed by atoms with Gasteiger partial charge in [0.1, 0.15) is 17.3 Å². The molecule has 4 heteroatoms. The van der Waals surface area contributed by atoms with Crippen LogP contribution >= 0.6 is 0 Å². The van der Waals surface area contributed by atoms with Crippen molar-refractivity contribution in [2.75, 3.05) is 0 Å². The van der Waals surface area contributed by atoms with Crippen LogP contribution in [0.2, 0.25) is 0 Å². The summed E-state index contributed by atoms with van der Waals surface area (Å²) in [5, 5.41) is 0. The third kappa shape index (κ3) is 2.55. The van der Waals surface area contributed by atoms with Gasteiger partial charge in [0.05, 0.1) is 6.20 Å². The van der Waals surface area contributed by atoms with E-state index >= 15 is 0 Å². The first kappa shape index (κ1) is 10.6. The lowest BCUT2D eigenvalue weighted by atomic mass is 10.3. The van der Waals surface area contributed by atoms with E-state index in [1.165, 1.54) is 12.1 Å². The number of nitrogens with zero attached hydrogens (tertiary/aromatic N) is 1. The molecule has 2 rings (SSSR count). The van der Waals surface area contributed by atoms with E-state index in [4.69, 9.17) is 10.5 Å². The van der Waals surface area contributed by atoms with Gasteiger partial charge in [0.15, 0.2) is 0 Å². The fourth-order valence-corrected chi connectivity index (χ4v) is 1.27. The predicted octanol–water partition coefficient (Wildman–Crippen LogP) is 2.47. The lowest BCUT2D eigenvalue weighted by Gasteiger charge is -2.05. The van der Waals surface area contributed by atoms with Crippen LogP contribution in [-0.4, -0.2) is 4.98 Å². The number of halogens is 1. The summed E-state index contributed by atoms with van der Waals surface area (Å²) in [7, 11) is 0. The minimum atomic E-state index is -0.291. The average Bonchev–Trinajstić information content (AvgIpc) is 2.32. The van der Waals surface area contributed by atoms with E-state index in [2.05, 4.69) is 4.98 Å². The second-order valence-corrected chi connectivity index (χ2v) is 3.29. The molecular formula is C12H11FN2O. The Bertz CT molecular complexity index is 471. The highest BCUT2D eigenvalue weighted by molar-refractivity contribution is 5.31. The van der Waals surface area contributed by atoms with E-state index in [1.807, 2.05) is 0 Å². The van der Waals surface area contributed by atoms with E-state index in [9.17, 15) is 4.39 Å². The first-order valence-corrected chi connectivity index (χ1v) is 4.85. The van der Waals surface area contributed by atoms with Crippen LogP contribution in [0.5, 0.6) is 11.5 Å². The van der Waals surface area contributed by atoms with Gasteiger partial charge in [-0.25, -0.2) is 4.39 Å². The minimum Gasteiger partial charge on any atom is -0.456 e. The highest BCUT2D eigenvalue weighted by atomic mass is 19.1. The van der Waals surface area contributed by atoms with Gasteiger partial charge in [-0.05, 0) is 35.9 Å². The molecule has 0 atom stereocenters. The minimum absolute atomic E-state index is 0.291. The Morgan fingerprint density at radius 1 is 1.12 bits per heavy atom. The van der Waals surface area contributed by atoms with Crippen molar-refractivity contribution in [3.63, 3.8) is 0 Å². The van der Waals surface area contributed by atoms with E-state index in [0.717, 1.165) is 5.56 Å². The van der Waals surface area contributed by atoms with Crippen molar-refractivity contribution >= 4 is 0 Å².